The summed E-state index contributed by atoms with van der Waals surface area (Å²) < 4.78 is 0. The average Bonchev–Trinajstić information content (AvgIpc) is 3.12. The number of likely N-dealkylation sites (tertiary alicyclic amines) is 1. The molecule has 2 unspecified atom stereocenters. The van der Waals surface area contributed by atoms with Crippen molar-refractivity contribution in [1.29, 1.82) is 5.26 Å². The Labute approximate surface area is 158 Å². The molecular weight excluding hydrogens is 342 g/mol. The second-order valence-electron chi connectivity index (χ2n) is 7.09. The van der Waals surface area contributed by atoms with Crippen LogP contribution >= 0.6 is 11.3 Å². The Kier molecular flexibility index (Phi) is 5.26. The minimum Gasteiger partial charge on any atom is -0.381 e. The zero-order valence-corrected chi connectivity index (χ0v) is 15.9. The van der Waals surface area contributed by atoms with E-state index in [2.05, 4.69) is 48.3 Å². The van der Waals surface area contributed by atoms with E-state index in [1.54, 1.807) is 23.6 Å². The maximum Gasteiger partial charge on any atom is 0.126 e. The molecule has 134 valence electrons. The van der Waals surface area contributed by atoms with Gasteiger partial charge in [-0.05, 0) is 60.8 Å². The highest BCUT2D eigenvalue weighted by atomic mass is 32.1. The van der Waals surface area contributed by atoms with Gasteiger partial charge in [-0.15, -0.1) is 11.3 Å². The summed E-state index contributed by atoms with van der Waals surface area (Å²) >= 11 is 1.64. The number of rotatable bonds is 7. The Morgan fingerprint density at radius 3 is 2.81 bits per heavy atom. The van der Waals surface area contributed by atoms with Gasteiger partial charge in [0.05, 0.1) is 17.2 Å². The van der Waals surface area contributed by atoms with Crippen molar-refractivity contribution in [1.82, 2.24) is 10.2 Å². The van der Waals surface area contributed by atoms with Crippen LogP contribution in [0.1, 0.15) is 17.4 Å². The molecule has 0 radical (unpaired) electrons. The first-order valence-electron chi connectivity index (χ1n) is 8.63. The number of carbonyl (C=O) groups excluding carboxylic acids is 1. The molecule has 0 amide bonds. The molecule has 1 aliphatic rings. The first kappa shape index (κ1) is 18.4. The largest absolute Gasteiger partial charge is 0.381 e. The van der Waals surface area contributed by atoms with Crippen LogP contribution in [0.5, 0.6) is 0 Å². The molecule has 2 heterocycles. The summed E-state index contributed by atoms with van der Waals surface area (Å²) in [5.74, 6) is 0.205. The highest BCUT2D eigenvalue weighted by Gasteiger charge is 2.44. The molecule has 0 spiro atoms. The SMILES string of the molecule is C=CNC(C)(c1cc(-c2cccc(C#N)c2)cs1)C(C=O)C1CN(C)C1. The summed E-state index contributed by atoms with van der Waals surface area (Å²) in [7, 11) is 2.07. The maximum absolute atomic E-state index is 12.0. The molecule has 4 nitrogen and oxygen atoms in total. The van der Waals surface area contributed by atoms with E-state index in [1.807, 2.05) is 18.2 Å². The molecule has 2 atom stereocenters. The Bertz CT molecular complexity index is 847. The molecule has 1 fully saturated rings. The summed E-state index contributed by atoms with van der Waals surface area (Å²) in [6, 6.07) is 11.9. The lowest BCUT2D eigenvalue weighted by atomic mass is 9.73. The van der Waals surface area contributed by atoms with E-state index in [0.29, 0.717) is 11.5 Å². The third-order valence-corrected chi connectivity index (χ3v) is 6.42. The zero-order valence-electron chi connectivity index (χ0n) is 15.1. The minimum atomic E-state index is -0.495. The average molecular weight is 366 g/mol. The van der Waals surface area contributed by atoms with Crippen LogP contribution < -0.4 is 5.32 Å². The molecule has 1 aliphatic heterocycles. The summed E-state index contributed by atoms with van der Waals surface area (Å²) in [6.07, 6.45) is 2.76. The zero-order chi connectivity index (χ0) is 18.7. The normalized spacial score (nSPS) is 18.2. The number of nitrogens with one attached hydrogen (secondary N) is 1. The van der Waals surface area contributed by atoms with Gasteiger partial charge in [0.2, 0.25) is 0 Å². The maximum atomic E-state index is 12.0. The monoisotopic (exact) mass is 365 g/mol. The van der Waals surface area contributed by atoms with Gasteiger partial charge >= 0.3 is 0 Å². The molecule has 3 rings (SSSR count). The minimum absolute atomic E-state index is 0.131. The summed E-state index contributed by atoms with van der Waals surface area (Å²) in [6.45, 7) is 7.76. The van der Waals surface area contributed by atoms with E-state index in [0.717, 1.165) is 35.4 Å². The van der Waals surface area contributed by atoms with Gasteiger partial charge in [0.25, 0.3) is 0 Å². The van der Waals surface area contributed by atoms with E-state index < -0.39 is 5.54 Å². The number of nitriles is 1. The number of benzene rings is 1. The fourth-order valence-corrected chi connectivity index (χ4v) is 4.86. The van der Waals surface area contributed by atoms with Crippen LogP contribution in [0.4, 0.5) is 0 Å². The second kappa shape index (κ2) is 7.45. The van der Waals surface area contributed by atoms with Gasteiger partial charge in [0.1, 0.15) is 6.29 Å². The topological polar surface area (TPSA) is 56.1 Å². The molecule has 0 bridgehead atoms. The summed E-state index contributed by atoms with van der Waals surface area (Å²) in [4.78, 5) is 15.3. The summed E-state index contributed by atoms with van der Waals surface area (Å²) in [5, 5.41) is 14.6. The quantitative estimate of drug-likeness (QED) is 0.762. The van der Waals surface area contributed by atoms with Crippen LogP contribution in [0.3, 0.4) is 0 Å². The van der Waals surface area contributed by atoms with Crippen LogP contribution in [0.25, 0.3) is 11.1 Å². The lowest BCUT2D eigenvalue weighted by Crippen LogP contribution is -2.56. The Hall–Kier alpha value is -2.42. The third-order valence-electron chi connectivity index (χ3n) is 5.25. The number of aldehydes is 1. The van der Waals surface area contributed by atoms with Gasteiger partial charge in [0.15, 0.2) is 0 Å². The summed E-state index contributed by atoms with van der Waals surface area (Å²) in [5.41, 5.74) is 2.23. The second-order valence-corrected chi connectivity index (χ2v) is 8.00. The predicted molar refractivity (Wildman–Crippen MR) is 106 cm³/mol. The number of carbonyl (C=O) groups is 1. The van der Waals surface area contributed by atoms with Gasteiger partial charge in [-0.3, -0.25) is 0 Å². The van der Waals surface area contributed by atoms with Crippen molar-refractivity contribution in [3.05, 3.63) is 58.9 Å². The molecule has 1 aromatic carbocycles. The van der Waals surface area contributed by atoms with E-state index in [1.165, 1.54) is 0 Å². The molecule has 1 saturated heterocycles. The van der Waals surface area contributed by atoms with Crippen molar-refractivity contribution < 1.29 is 4.79 Å². The van der Waals surface area contributed by atoms with E-state index in [-0.39, 0.29) is 5.92 Å². The van der Waals surface area contributed by atoms with Crippen molar-refractivity contribution in [3.8, 4) is 17.2 Å². The van der Waals surface area contributed by atoms with Crippen molar-refractivity contribution in [2.24, 2.45) is 11.8 Å². The van der Waals surface area contributed by atoms with Crippen LogP contribution in [0.2, 0.25) is 0 Å². The third kappa shape index (κ3) is 3.31. The predicted octanol–water partition coefficient (Wildman–Crippen LogP) is 3.61. The van der Waals surface area contributed by atoms with Crippen LogP contribution in [-0.2, 0) is 10.3 Å². The first-order chi connectivity index (χ1) is 12.5. The van der Waals surface area contributed by atoms with E-state index in [4.69, 9.17) is 5.26 Å². The van der Waals surface area contributed by atoms with Gasteiger partial charge in [-0.1, -0.05) is 18.7 Å². The molecule has 0 saturated carbocycles. The fourth-order valence-electron chi connectivity index (χ4n) is 3.76. The van der Waals surface area contributed by atoms with Crippen molar-refractivity contribution in [3.63, 3.8) is 0 Å². The van der Waals surface area contributed by atoms with Crippen LogP contribution in [0, 0.1) is 23.2 Å². The molecular formula is C21H23N3OS. The van der Waals surface area contributed by atoms with Crippen LogP contribution in [-0.4, -0.2) is 31.3 Å². The molecule has 26 heavy (non-hydrogen) atoms. The number of thiophene rings is 1. The van der Waals surface area contributed by atoms with Gasteiger partial charge < -0.3 is 15.0 Å². The number of hydrogen-bond acceptors (Lipinski definition) is 5. The van der Waals surface area contributed by atoms with Crippen LogP contribution in [0.15, 0.2) is 48.5 Å². The molecule has 1 aromatic heterocycles. The standard InChI is InChI=1S/C21H23N3OS/c1-4-23-21(2,19(13-25)18-11-24(3)12-18)20-9-17(14-26-20)16-7-5-6-15(8-16)10-22/h4-9,13-14,18-19,23H,1,11-12H2,2-3H3. The molecule has 1 N–H and O–H groups in total. The first-order valence-corrected chi connectivity index (χ1v) is 9.51. The number of nitrogens with zero attached hydrogens (tertiary/aromatic N) is 2. The van der Waals surface area contributed by atoms with Crippen molar-refractivity contribution in [2.75, 3.05) is 20.1 Å². The Balaban J connectivity index is 1.95. The Morgan fingerprint density at radius 1 is 1.42 bits per heavy atom. The lowest BCUT2D eigenvalue weighted by molar-refractivity contribution is -0.118. The smallest absolute Gasteiger partial charge is 0.126 e. The number of hydrogen-bond donors (Lipinski definition) is 1. The Morgan fingerprint density at radius 2 is 2.19 bits per heavy atom. The van der Waals surface area contributed by atoms with E-state index >= 15 is 0 Å². The fraction of sp³-hybridized carbons (Fsp3) is 0.333. The molecule has 5 heteroatoms. The van der Waals surface area contributed by atoms with Gasteiger partial charge in [-0.2, -0.15) is 5.26 Å². The van der Waals surface area contributed by atoms with Gasteiger partial charge in [-0.25, -0.2) is 0 Å². The molecule has 0 aliphatic carbocycles. The van der Waals surface area contributed by atoms with Gasteiger partial charge in [0, 0.05) is 23.9 Å². The highest BCUT2D eigenvalue weighted by Crippen LogP contribution is 2.41. The molecule has 2 aromatic rings. The van der Waals surface area contributed by atoms with Crippen molar-refractivity contribution >= 4 is 17.6 Å². The van der Waals surface area contributed by atoms with E-state index in [9.17, 15) is 4.79 Å². The van der Waals surface area contributed by atoms with Crippen molar-refractivity contribution in [2.45, 2.75) is 12.5 Å². The lowest BCUT2D eigenvalue weighted by Gasteiger charge is -2.46. The highest BCUT2D eigenvalue weighted by molar-refractivity contribution is 7.10.